The summed E-state index contributed by atoms with van der Waals surface area (Å²) < 4.78 is 27.1. The Kier molecular flexibility index (Phi) is 6.11. The lowest BCUT2D eigenvalue weighted by Crippen LogP contribution is -2.53. The minimum Gasteiger partial charge on any atom is -0.381 e. The van der Waals surface area contributed by atoms with Gasteiger partial charge in [0, 0.05) is 49.2 Å². The SMILES string of the molecule is Cc1cc(NC2CCC(F)(F)CC2)c2[nH]c(C3=N[C@@H](C(C)N4CCNC(=O)C4)CS3)cc2c1. The van der Waals surface area contributed by atoms with Crippen molar-refractivity contribution in [3.05, 3.63) is 29.5 Å². The first-order valence-electron chi connectivity index (χ1n) is 11.8. The second kappa shape index (κ2) is 8.91. The monoisotopic (exact) mass is 475 g/mol. The normalized spacial score (nSPS) is 25.2. The summed E-state index contributed by atoms with van der Waals surface area (Å²) in [6, 6.07) is 6.77. The Bertz CT molecular complexity index is 1070. The van der Waals surface area contributed by atoms with Gasteiger partial charge in [0.15, 0.2) is 0 Å². The molecule has 2 fully saturated rings. The van der Waals surface area contributed by atoms with Crippen LogP contribution in [0.2, 0.25) is 0 Å². The quantitative estimate of drug-likeness (QED) is 0.608. The third kappa shape index (κ3) is 4.89. The van der Waals surface area contributed by atoms with Crippen molar-refractivity contribution in [3.63, 3.8) is 0 Å². The number of fused-ring (bicyclic) bond motifs is 1. The fraction of sp³-hybridized carbons (Fsp3) is 0.583. The number of aliphatic imine (C=N–C) groups is 1. The number of thioether (sulfide) groups is 1. The number of nitrogens with one attached hydrogen (secondary N) is 3. The predicted octanol–water partition coefficient (Wildman–Crippen LogP) is 4.15. The Morgan fingerprint density at radius 2 is 2.06 bits per heavy atom. The zero-order valence-corrected chi connectivity index (χ0v) is 19.9. The minimum atomic E-state index is -2.52. The first-order valence-corrected chi connectivity index (χ1v) is 12.8. The number of hydrogen-bond donors (Lipinski definition) is 3. The summed E-state index contributed by atoms with van der Waals surface area (Å²) >= 11 is 1.75. The number of halogens is 2. The molecule has 9 heteroatoms. The van der Waals surface area contributed by atoms with Crippen LogP contribution in [0.3, 0.4) is 0 Å². The van der Waals surface area contributed by atoms with Crippen molar-refractivity contribution in [2.45, 2.75) is 63.6 Å². The van der Waals surface area contributed by atoms with Crippen molar-refractivity contribution in [1.29, 1.82) is 0 Å². The number of aryl methyl sites for hydroxylation is 1. The zero-order chi connectivity index (χ0) is 23.2. The van der Waals surface area contributed by atoms with Crippen LogP contribution in [-0.4, -0.2) is 70.3 Å². The Labute approximate surface area is 197 Å². The average molecular weight is 476 g/mol. The van der Waals surface area contributed by atoms with E-state index in [4.69, 9.17) is 4.99 Å². The number of amides is 1. The highest BCUT2D eigenvalue weighted by Gasteiger charge is 2.35. The van der Waals surface area contributed by atoms with Gasteiger partial charge in [-0.3, -0.25) is 14.7 Å². The second-order valence-corrected chi connectivity index (χ2v) is 10.6. The van der Waals surface area contributed by atoms with Crippen LogP contribution in [0, 0.1) is 6.92 Å². The maximum atomic E-state index is 13.6. The van der Waals surface area contributed by atoms with Gasteiger partial charge in [0.2, 0.25) is 11.8 Å². The number of hydrogen-bond acceptors (Lipinski definition) is 5. The van der Waals surface area contributed by atoms with Gasteiger partial charge in [-0.15, -0.1) is 11.8 Å². The van der Waals surface area contributed by atoms with Gasteiger partial charge in [-0.1, -0.05) is 0 Å². The van der Waals surface area contributed by atoms with E-state index in [1.54, 1.807) is 11.8 Å². The molecule has 2 aromatic rings. The smallest absolute Gasteiger partial charge is 0.248 e. The summed E-state index contributed by atoms with van der Waals surface area (Å²) in [4.78, 5) is 22.5. The van der Waals surface area contributed by atoms with Gasteiger partial charge >= 0.3 is 0 Å². The van der Waals surface area contributed by atoms with Gasteiger partial charge in [-0.25, -0.2) is 8.78 Å². The molecule has 0 bridgehead atoms. The van der Waals surface area contributed by atoms with Crippen LogP contribution in [0.5, 0.6) is 0 Å². The second-order valence-electron chi connectivity index (χ2n) is 9.61. The molecule has 1 aliphatic carbocycles. The summed E-state index contributed by atoms with van der Waals surface area (Å²) in [5.41, 5.74) is 4.09. The molecule has 0 spiro atoms. The lowest BCUT2D eigenvalue weighted by molar-refractivity contribution is -0.124. The fourth-order valence-corrected chi connectivity index (χ4v) is 6.22. The average Bonchev–Trinajstić information content (AvgIpc) is 3.42. The molecule has 1 amide bonds. The van der Waals surface area contributed by atoms with Gasteiger partial charge in [0.1, 0.15) is 5.04 Å². The molecule has 6 nitrogen and oxygen atoms in total. The lowest BCUT2D eigenvalue weighted by atomic mass is 9.92. The molecule has 178 valence electrons. The number of carbonyl (C=O) groups is 1. The summed E-state index contributed by atoms with van der Waals surface area (Å²) in [7, 11) is 0. The van der Waals surface area contributed by atoms with Crippen molar-refractivity contribution >= 4 is 39.3 Å². The Morgan fingerprint density at radius 1 is 1.27 bits per heavy atom. The number of nitrogens with zero attached hydrogens (tertiary/aromatic N) is 2. The Morgan fingerprint density at radius 3 is 2.82 bits per heavy atom. The van der Waals surface area contributed by atoms with Gasteiger partial charge in [-0.05, 0) is 50.5 Å². The van der Waals surface area contributed by atoms with Gasteiger partial charge in [0.05, 0.1) is 29.5 Å². The first-order chi connectivity index (χ1) is 15.8. The number of aromatic nitrogens is 1. The molecule has 5 rings (SSSR count). The standard InChI is InChI=1S/C24H31F2N5OS/c1-14-9-16-11-19(23-30-20(13-33-23)15(2)31-8-7-27-21(32)12-31)29-22(16)18(10-14)28-17-3-5-24(25,26)6-4-17/h9-11,15,17,20,28-29H,3-8,12-13H2,1-2H3,(H,27,32)/t15?,20-/m1/s1. The largest absolute Gasteiger partial charge is 0.381 e. The molecule has 0 radical (unpaired) electrons. The van der Waals surface area contributed by atoms with Crippen molar-refractivity contribution in [2.75, 3.05) is 30.7 Å². The van der Waals surface area contributed by atoms with Crippen molar-refractivity contribution < 1.29 is 13.6 Å². The van der Waals surface area contributed by atoms with Crippen LogP contribution in [0.15, 0.2) is 23.2 Å². The zero-order valence-electron chi connectivity index (χ0n) is 19.1. The number of aromatic amines is 1. The highest BCUT2D eigenvalue weighted by Crippen LogP contribution is 2.36. The molecular formula is C24H31F2N5OS. The van der Waals surface area contributed by atoms with E-state index in [1.165, 1.54) is 0 Å². The summed E-state index contributed by atoms with van der Waals surface area (Å²) in [5.74, 6) is -1.55. The van der Waals surface area contributed by atoms with Crippen LogP contribution < -0.4 is 10.6 Å². The molecular weight excluding hydrogens is 444 g/mol. The van der Waals surface area contributed by atoms with E-state index < -0.39 is 5.92 Å². The van der Waals surface area contributed by atoms with E-state index in [2.05, 4.69) is 52.6 Å². The van der Waals surface area contributed by atoms with Crippen molar-refractivity contribution in [1.82, 2.24) is 15.2 Å². The van der Waals surface area contributed by atoms with Gasteiger partial charge in [0.25, 0.3) is 0 Å². The molecule has 1 aromatic carbocycles. The summed E-state index contributed by atoms with van der Waals surface area (Å²) in [5, 5.41) is 8.49. The van der Waals surface area contributed by atoms with Crippen LogP contribution in [0.25, 0.3) is 10.9 Å². The molecule has 1 aromatic heterocycles. The molecule has 1 saturated carbocycles. The maximum absolute atomic E-state index is 13.6. The molecule has 3 N–H and O–H groups in total. The van der Waals surface area contributed by atoms with Crippen LogP contribution in [0.4, 0.5) is 14.5 Å². The molecule has 1 saturated heterocycles. The Balaban J connectivity index is 1.34. The highest BCUT2D eigenvalue weighted by atomic mass is 32.2. The highest BCUT2D eigenvalue weighted by molar-refractivity contribution is 8.14. The lowest BCUT2D eigenvalue weighted by Gasteiger charge is -2.33. The summed E-state index contributed by atoms with van der Waals surface area (Å²) in [6.45, 7) is 6.18. The molecule has 3 aliphatic rings. The molecule has 1 unspecified atom stereocenters. The molecule has 2 aliphatic heterocycles. The number of alkyl halides is 2. The third-order valence-corrected chi connectivity index (χ3v) is 8.16. The molecule has 2 atom stereocenters. The number of H-pyrrole nitrogens is 1. The first kappa shape index (κ1) is 22.7. The number of anilines is 1. The molecule has 33 heavy (non-hydrogen) atoms. The number of benzene rings is 1. The van der Waals surface area contributed by atoms with Crippen LogP contribution >= 0.6 is 11.8 Å². The molecule has 3 heterocycles. The Hall–Kier alpha value is -2.13. The van der Waals surface area contributed by atoms with E-state index in [0.29, 0.717) is 25.9 Å². The van der Waals surface area contributed by atoms with E-state index in [9.17, 15) is 13.6 Å². The number of carbonyl (C=O) groups excluding carboxylic acids is 1. The van der Waals surface area contributed by atoms with Gasteiger partial charge in [-0.2, -0.15) is 0 Å². The van der Waals surface area contributed by atoms with Crippen molar-refractivity contribution in [3.8, 4) is 0 Å². The summed E-state index contributed by atoms with van der Waals surface area (Å²) in [6.07, 6.45) is 0.849. The van der Waals surface area contributed by atoms with E-state index >= 15 is 0 Å². The van der Waals surface area contributed by atoms with E-state index in [-0.39, 0.29) is 36.9 Å². The van der Waals surface area contributed by atoms with Gasteiger partial charge < -0.3 is 15.6 Å². The predicted molar refractivity (Wildman–Crippen MR) is 131 cm³/mol. The van der Waals surface area contributed by atoms with Crippen LogP contribution in [-0.2, 0) is 4.79 Å². The van der Waals surface area contributed by atoms with E-state index in [0.717, 1.165) is 45.2 Å². The minimum absolute atomic E-state index is 0.0543. The maximum Gasteiger partial charge on any atom is 0.248 e. The topological polar surface area (TPSA) is 72.5 Å². The van der Waals surface area contributed by atoms with E-state index in [1.807, 2.05) is 0 Å². The van der Waals surface area contributed by atoms with Crippen LogP contribution in [0.1, 0.15) is 43.9 Å². The fourth-order valence-electron chi connectivity index (χ4n) is 5.06. The van der Waals surface area contributed by atoms with Crippen molar-refractivity contribution in [2.24, 2.45) is 4.99 Å². The number of piperazine rings is 1. The number of rotatable bonds is 5. The third-order valence-electron chi connectivity index (χ3n) is 7.05.